The summed E-state index contributed by atoms with van der Waals surface area (Å²) in [5.41, 5.74) is 0.508. The van der Waals surface area contributed by atoms with Gasteiger partial charge in [-0.25, -0.2) is 9.59 Å². The van der Waals surface area contributed by atoms with E-state index in [0.717, 1.165) is 32.1 Å². The molecule has 0 aromatic heterocycles. The summed E-state index contributed by atoms with van der Waals surface area (Å²) in [5.74, 6) is -1.86. The molecular weight excluding hydrogens is 220 g/mol. The normalized spacial score (nSPS) is 9.88. The molecule has 2 N–H and O–H groups in total. The van der Waals surface area contributed by atoms with Gasteiger partial charge in [-0.05, 0) is 25.7 Å². The van der Waals surface area contributed by atoms with Gasteiger partial charge in [0.25, 0.3) is 0 Å². The third-order valence-corrected chi connectivity index (χ3v) is 2.56. The average Bonchev–Trinajstić information content (AvgIpc) is 2.26. The lowest BCUT2D eigenvalue weighted by atomic mass is 10.0. The number of carbonyl (C=O) groups is 2. The Balaban J connectivity index is 3.36. The summed E-state index contributed by atoms with van der Waals surface area (Å²) in [7, 11) is 0. The van der Waals surface area contributed by atoms with Crippen LogP contribution in [0.15, 0.2) is 24.3 Å². The van der Waals surface area contributed by atoms with E-state index in [2.05, 4.69) is 13.2 Å². The first-order chi connectivity index (χ1) is 7.95. The summed E-state index contributed by atoms with van der Waals surface area (Å²) < 4.78 is 0. The molecular formula is C13H20O4. The Hall–Kier alpha value is -1.58. The molecule has 0 heterocycles. The fraction of sp³-hybridized carbons (Fsp3) is 0.538. The van der Waals surface area contributed by atoms with Crippen molar-refractivity contribution in [1.29, 1.82) is 0 Å². The molecule has 0 aliphatic rings. The van der Waals surface area contributed by atoms with E-state index in [0.29, 0.717) is 12.8 Å². The van der Waals surface area contributed by atoms with Crippen LogP contribution in [0.25, 0.3) is 0 Å². The van der Waals surface area contributed by atoms with Crippen molar-refractivity contribution in [2.45, 2.75) is 44.9 Å². The van der Waals surface area contributed by atoms with Crippen molar-refractivity contribution in [1.82, 2.24) is 0 Å². The van der Waals surface area contributed by atoms with Crippen molar-refractivity contribution < 1.29 is 19.8 Å². The lowest BCUT2D eigenvalue weighted by Crippen LogP contribution is -1.99. The molecule has 0 rings (SSSR count). The Kier molecular flexibility index (Phi) is 7.76. The van der Waals surface area contributed by atoms with Gasteiger partial charge in [-0.2, -0.15) is 0 Å². The van der Waals surface area contributed by atoms with Crippen LogP contribution in [0.2, 0.25) is 0 Å². The predicted molar refractivity (Wildman–Crippen MR) is 65.9 cm³/mol. The van der Waals surface area contributed by atoms with Gasteiger partial charge >= 0.3 is 11.9 Å². The van der Waals surface area contributed by atoms with E-state index in [-0.39, 0.29) is 11.1 Å². The quantitative estimate of drug-likeness (QED) is 0.454. The highest BCUT2D eigenvalue weighted by Gasteiger charge is 2.04. The van der Waals surface area contributed by atoms with Gasteiger partial charge in [0.2, 0.25) is 0 Å². The second-order valence-corrected chi connectivity index (χ2v) is 4.09. The van der Waals surface area contributed by atoms with Crippen LogP contribution in [0.4, 0.5) is 0 Å². The van der Waals surface area contributed by atoms with E-state index in [4.69, 9.17) is 10.2 Å². The third kappa shape index (κ3) is 8.25. The van der Waals surface area contributed by atoms with Gasteiger partial charge in [0.15, 0.2) is 0 Å². The number of hydrogen-bond donors (Lipinski definition) is 2. The molecule has 0 unspecified atom stereocenters. The van der Waals surface area contributed by atoms with Gasteiger partial charge in [-0.15, -0.1) is 0 Å². The standard InChI is InChI=1S/C13H20O4/c1-10(12(14)15)8-6-4-3-5-7-9-11(2)13(16)17/h1-9H2,(H,14,15)(H,16,17). The van der Waals surface area contributed by atoms with Crippen LogP contribution < -0.4 is 0 Å². The molecule has 0 spiro atoms. The minimum Gasteiger partial charge on any atom is -0.478 e. The SMILES string of the molecule is C=C(CCCCCCCC(=C)C(=O)O)C(=O)O. The monoisotopic (exact) mass is 240 g/mol. The van der Waals surface area contributed by atoms with Crippen molar-refractivity contribution in [3.8, 4) is 0 Å². The molecule has 0 atom stereocenters. The van der Waals surface area contributed by atoms with Crippen LogP contribution in [0, 0.1) is 0 Å². The Morgan fingerprint density at radius 3 is 1.29 bits per heavy atom. The Bertz CT molecular complexity index is 275. The number of carboxylic acid groups (broad SMARTS) is 2. The van der Waals surface area contributed by atoms with Gasteiger partial charge < -0.3 is 10.2 Å². The molecule has 0 aromatic carbocycles. The van der Waals surface area contributed by atoms with Crippen LogP contribution in [0.3, 0.4) is 0 Å². The van der Waals surface area contributed by atoms with Crippen molar-refractivity contribution in [3.63, 3.8) is 0 Å². The summed E-state index contributed by atoms with van der Waals surface area (Å²) in [6.07, 6.45) is 5.59. The molecule has 0 bridgehead atoms. The van der Waals surface area contributed by atoms with Gasteiger partial charge in [-0.3, -0.25) is 0 Å². The lowest BCUT2D eigenvalue weighted by molar-refractivity contribution is -0.133. The first kappa shape index (κ1) is 15.4. The van der Waals surface area contributed by atoms with Crippen molar-refractivity contribution in [2.75, 3.05) is 0 Å². The molecule has 0 aliphatic carbocycles. The maximum atomic E-state index is 10.4. The molecule has 0 aromatic rings. The summed E-state index contributed by atoms with van der Waals surface area (Å²) in [6.45, 7) is 6.91. The summed E-state index contributed by atoms with van der Waals surface area (Å²) in [6, 6.07) is 0. The lowest BCUT2D eigenvalue weighted by Gasteiger charge is -2.02. The average molecular weight is 240 g/mol. The number of hydrogen-bond acceptors (Lipinski definition) is 2. The van der Waals surface area contributed by atoms with E-state index >= 15 is 0 Å². The number of rotatable bonds is 10. The molecule has 4 heteroatoms. The third-order valence-electron chi connectivity index (χ3n) is 2.56. The maximum Gasteiger partial charge on any atom is 0.330 e. The first-order valence-electron chi connectivity index (χ1n) is 5.77. The van der Waals surface area contributed by atoms with E-state index < -0.39 is 11.9 Å². The van der Waals surface area contributed by atoms with Crippen LogP contribution >= 0.6 is 0 Å². The molecule has 0 fully saturated rings. The number of aliphatic carboxylic acids is 2. The van der Waals surface area contributed by atoms with Gasteiger partial charge in [0, 0.05) is 11.1 Å². The number of unbranched alkanes of at least 4 members (excludes halogenated alkanes) is 4. The fourth-order valence-electron chi connectivity index (χ4n) is 1.42. The van der Waals surface area contributed by atoms with Crippen LogP contribution in [0.1, 0.15) is 44.9 Å². The highest BCUT2D eigenvalue weighted by Crippen LogP contribution is 2.12. The van der Waals surface area contributed by atoms with Crippen molar-refractivity contribution >= 4 is 11.9 Å². The predicted octanol–water partition coefficient (Wildman–Crippen LogP) is 3.00. The zero-order chi connectivity index (χ0) is 13.3. The zero-order valence-corrected chi connectivity index (χ0v) is 10.1. The van der Waals surface area contributed by atoms with Crippen molar-refractivity contribution in [2.24, 2.45) is 0 Å². The molecule has 0 amide bonds. The molecule has 0 saturated heterocycles. The molecule has 0 radical (unpaired) electrons. The Morgan fingerprint density at radius 1 is 0.706 bits per heavy atom. The Morgan fingerprint density at radius 2 is 1.00 bits per heavy atom. The molecule has 96 valence electrons. The van der Waals surface area contributed by atoms with Gasteiger partial charge in [-0.1, -0.05) is 32.4 Å². The molecule has 0 aliphatic heterocycles. The summed E-state index contributed by atoms with van der Waals surface area (Å²) in [4.78, 5) is 20.9. The van der Waals surface area contributed by atoms with Crippen LogP contribution in [-0.2, 0) is 9.59 Å². The summed E-state index contributed by atoms with van der Waals surface area (Å²) in [5, 5.41) is 17.1. The van der Waals surface area contributed by atoms with Gasteiger partial charge in [0.05, 0.1) is 0 Å². The van der Waals surface area contributed by atoms with E-state index in [1.807, 2.05) is 0 Å². The second kappa shape index (κ2) is 8.56. The van der Waals surface area contributed by atoms with E-state index in [9.17, 15) is 9.59 Å². The first-order valence-corrected chi connectivity index (χ1v) is 5.77. The van der Waals surface area contributed by atoms with Crippen LogP contribution in [0.5, 0.6) is 0 Å². The van der Waals surface area contributed by atoms with Crippen LogP contribution in [-0.4, -0.2) is 22.2 Å². The number of carboxylic acids is 2. The van der Waals surface area contributed by atoms with E-state index in [1.165, 1.54) is 0 Å². The zero-order valence-electron chi connectivity index (χ0n) is 10.1. The molecule has 4 nitrogen and oxygen atoms in total. The topological polar surface area (TPSA) is 74.6 Å². The maximum absolute atomic E-state index is 10.4. The minimum atomic E-state index is -0.928. The second-order valence-electron chi connectivity index (χ2n) is 4.09. The molecule has 17 heavy (non-hydrogen) atoms. The highest BCUT2D eigenvalue weighted by molar-refractivity contribution is 5.85. The fourth-order valence-corrected chi connectivity index (χ4v) is 1.42. The smallest absolute Gasteiger partial charge is 0.330 e. The minimum absolute atomic E-state index is 0.254. The molecule has 0 saturated carbocycles. The Labute approximate surface area is 102 Å². The summed E-state index contributed by atoms with van der Waals surface area (Å²) >= 11 is 0. The van der Waals surface area contributed by atoms with Crippen molar-refractivity contribution in [3.05, 3.63) is 24.3 Å². The highest BCUT2D eigenvalue weighted by atomic mass is 16.4. The van der Waals surface area contributed by atoms with E-state index in [1.54, 1.807) is 0 Å². The largest absolute Gasteiger partial charge is 0.478 e. The van der Waals surface area contributed by atoms with Gasteiger partial charge in [0.1, 0.15) is 0 Å².